The molecule has 2 rings (SSSR count). The Morgan fingerprint density at radius 3 is 2.65 bits per heavy atom. The van der Waals surface area contributed by atoms with Gasteiger partial charge in [0.1, 0.15) is 5.76 Å². The smallest absolute Gasteiger partial charge is 0.306 e. The molecular weight excluding hydrogens is 224 g/mol. The molecule has 6 nitrogen and oxygen atoms in total. The zero-order valence-electron chi connectivity index (χ0n) is 9.71. The van der Waals surface area contributed by atoms with Crippen LogP contribution >= 0.6 is 0 Å². The van der Waals surface area contributed by atoms with Gasteiger partial charge in [-0.1, -0.05) is 5.16 Å². The van der Waals surface area contributed by atoms with Gasteiger partial charge in [-0.3, -0.25) is 9.59 Å². The molecule has 1 heterocycles. The third kappa shape index (κ3) is 2.15. The van der Waals surface area contributed by atoms with Crippen LogP contribution in [-0.2, 0) is 4.79 Å². The van der Waals surface area contributed by atoms with Crippen molar-refractivity contribution in [2.45, 2.75) is 25.8 Å². The van der Waals surface area contributed by atoms with E-state index < -0.39 is 5.97 Å². The number of carboxylic acid groups (broad SMARTS) is 1. The Balaban J connectivity index is 1.95. The minimum Gasteiger partial charge on any atom is -0.481 e. The first-order valence-electron chi connectivity index (χ1n) is 5.42. The molecule has 1 aromatic rings. The summed E-state index contributed by atoms with van der Waals surface area (Å²) in [4.78, 5) is 24.1. The van der Waals surface area contributed by atoms with Crippen molar-refractivity contribution in [2.24, 2.45) is 5.92 Å². The highest BCUT2D eigenvalue weighted by molar-refractivity contribution is 5.92. The van der Waals surface area contributed by atoms with Crippen LogP contribution in [-0.4, -0.2) is 40.1 Å². The lowest BCUT2D eigenvalue weighted by atomic mass is 9.79. The van der Waals surface area contributed by atoms with E-state index >= 15 is 0 Å². The number of hydrogen-bond donors (Lipinski definition) is 1. The van der Waals surface area contributed by atoms with Gasteiger partial charge in [0.15, 0.2) is 5.69 Å². The average Bonchev–Trinajstić information content (AvgIpc) is 2.60. The first-order chi connectivity index (χ1) is 7.99. The third-order valence-corrected chi connectivity index (χ3v) is 3.18. The van der Waals surface area contributed by atoms with Gasteiger partial charge in [-0.15, -0.1) is 0 Å². The van der Waals surface area contributed by atoms with Gasteiger partial charge in [0.2, 0.25) is 0 Å². The van der Waals surface area contributed by atoms with Crippen molar-refractivity contribution >= 4 is 11.9 Å². The van der Waals surface area contributed by atoms with Gasteiger partial charge in [0.05, 0.1) is 5.92 Å². The summed E-state index contributed by atoms with van der Waals surface area (Å²) in [5.74, 6) is -0.761. The maximum Gasteiger partial charge on any atom is 0.306 e. The first kappa shape index (κ1) is 11.6. The summed E-state index contributed by atoms with van der Waals surface area (Å²) in [7, 11) is 1.66. The summed E-state index contributed by atoms with van der Waals surface area (Å²) in [6.07, 6.45) is 1.02. The predicted molar refractivity (Wildman–Crippen MR) is 57.5 cm³/mol. The van der Waals surface area contributed by atoms with Gasteiger partial charge in [-0.25, -0.2) is 0 Å². The molecule has 1 aliphatic rings. The van der Waals surface area contributed by atoms with Crippen molar-refractivity contribution in [3.05, 3.63) is 17.5 Å². The minimum absolute atomic E-state index is 0.0133. The fraction of sp³-hybridized carbons (Fsp3) is 0.545. The quantitative estimate of drug-likeness (QED) is 0.846. The first-order valence-corrected chi connectivity index (χ1v) is 5.42. The highest BCUT2D eigenvalue weighted by Crippen LogP contribution is 2.31. The maximum atomic E-state index is 11.9. The summed E-state index contributed by atoms with van der Waals surface area (Å²) < 4.78 is 4.83. The second kappa shape index (κ2) is 4.20. The molecule has 6 heteroatoms. The number of aromatic nitrogens is 1. The standard InChI is InChI=1S/C11H14N2O4/c1-6-3-9(12-17-6)10(14)13(2)8-4-7(5-8)11(15)16/h3,7-8H,4-5H2,1-2H3,(H,15,16). The predicted octanol–water partition coefficient (Wildman–Crippen LogP) is 0.918. The fourth-order valence-electron chi connectivity index (χ4n) is 1.92. The Morgan fingerprint density at radius 1 is 1.53 bits per heavy atom. The van der Waals surface area contributed by atoms with E-state index in [0.717, 1.165) is 0 Å². The Morgan fingerprint density at radius 2 is 2.18 bits per heavy atom. The van der Waals surface area contributed by atoms with Crippen molar-refractivity contribution in [1.82, 2.24) is 10.1 Å². The molecule has 1 fully saturated rings. The van der Waals surface area contributed by atoms with Crippen LogP contribution in [0.3, 0.4) is 0 Å². The van der Waals surface area contributed by atoms with E-state index in [1.165, 1.54) is 4.90 Å². The number of carboxylic acids is 1. The fourth-order valence-corrected chi connectivity index (χ4v) is 1.92. The van der Waals surface area contributed by atoms with Crippen LogP contribution in [0.15, 0.2) is 10.6 Å². The van der Waals surface area contributed by atoms with E-state index in [-0.39, 0.29) is 23.6 Å². The lowest BCUT2D eigenvalue weighted by Gasteiger charge is -2.38. The van der Waals surface area contributed by atoms with Crippen LogP contribution in [0, 0.1) is 12.8 Å². The number of nitrogens with zero attached hydrogens (tertiary/aromatic N) is 2. The summed E-state index contributed by atoms with van der Waals surface area (Å²) in [6, 6.07) is 1.56. The van der Waals surface area contributed by atoms with Gasteiger partial charge in [0.25, 0.3) is 5.91 Å². The molecule has 0 spiro atoms. The molecule has 1 N–H and O–H groups in total. The van der Waals surface area contributed by atoms with Crippen LogP contribution in [0.25, 0.3) is 0 Å². The Hall–Kier alpha value is -1.85. The normalized spacial score (nSPS) is 22.9. The molecule has 0 bridgehead atoms. The number of hydrogen-bond acceptors (Lipinski definition) is 4. The molecule has 1 saturated carbocycles. The molecule has 1 aromatic heterocycles. The van der Waals surface area contributed by atoms with Gasteiger partial charge >= 0.3 is 5.97 Å². The van der Waals surface area contributed by atoms with E-state index in [0.29, 0.717) is 18.6 Å². The number of amides is 1. The van der Waals surface area contributed by atoms with Crippen LogP contribution < -0.4 is 0 Å². The largest absolute Gasteiger partial charge is 0.481 e. The summed E-state index contributed by atoms with van der Waals surface area (Å²) >= 11 is 0. The molecule has 0 radical (unpaired) electrons. The lowest BCUT2D eigenvalue weighted by Crippen LogP contribution is -2.47. The van der Waals surface area contributed by atoms with Gasteiger partial charge in [-0.05, 0) is 19.8 Å². The summed E-state index contributed by atoms with van der Waals surface area (Å²) in [6.45, 7) is 1.72. The topological polar surface area (TPSA) is 83.6 Å². The number of carbonyl (C=O) groups is 2. The van der Waals surface area contributed by atoms with Gasteiger partial charge < -0.3 is 14.5 Å². The molecule has 0 aliphatic heterocycles. The van der Waals surface area contributed by atoms with E-state index in [2.05, 4.69) is 5.16 Å². The molecule has 17 heavy (non-hydrogen) atoms. The molecule has 1 amide bonds. The molecule has 0 unspecified atom stereocenters. The molecule has 1 aliphatic carbocycles. The zero-order chi connectivity index (χ0) is 12.6. The highest BCUT2D eigenvalue weighted by Gasteiger charge is 2.38. The SMILES string of the molecule is Cc1cc(C(=O)N(C)C2CC(C(=O)O)C2)no1. The number of aryl methyl sites for hydroxylation is 1. The third-order valence-electron chi connectivity index (χ3n) is 3.18. The highest BCUT2D eigenvalue weighted by atomic mass is 16.5. The summed E-state index contributed by atoms with van der Waals surface area (Å²) in [5.41, 5.74) is 0.267. The minimum atomic E-state index is -0.792. The van der Waals surface area contributed by atoms with Crippen molar-refractivity contribution in [3.63, 3.8) is 0 Å². The van der Waals surface area contributed by atoms with Crippen LogP contribution in [0.5, 0.6) is 0 Å². The molecule has 0 aromatic carbocycles. The van der Waals surface area contributed by atoms with E-state index in [1.54, 1.807) is 20.0 Å². The second-order valence-electron chi connectivity index (χ2n) is 4.40. The van der Waals surface area contributed by atoms with Crippen LogP contribution in [0.4, 0.5) is 0 Å². The van der Waals surface area contributed by atoms with Crippen LogP contribution in [0.1, 0.15) is 29.1 Å². The molecule has 92 valence electrons. The van der Waals surface area contributed by atoms with E-state index in [9.17, 15) is 9.59 Å². The van der Waals surface area contributed by atoms with Gasteiger partial charge in [-0.2, -0.15) is 0 Å². The number of rotatable bonds is 3. The lowest BCUT2D eigenvalue weighted by molar-refractivity contribution is -0.146. The van der Waals surface area contributed by atoms with Crippen molar-refractivity contribution in [1.29, 1.82) is 0 Å². The monoisotopic (exact) mass is 238 g/mol. The average molecular weight is 238 g/mol. The van der Waals surface area contributed by atoms with E-state index in [1.807, 2.05) is 0 Å². The van der Waals surface area contributed by atoms with Crippen molar-refractivity contribution < 1.29 is 19.2 Å². The second-order valence-corrected chi connectivity index (χ2v) is 4.40. The van der Waals surface area contributed by atoms with Crippen molar-refractivity contribution in [3.8, 4) is 0 Å². The number of aliphatic carboxylic acids is 1. The molecule has 0 atom stereocenters. The molecular formula is C11H14N2O4. The Labute approximate surface area is 98.2 Å². The van der Waals surface area contributed by atoms with Crippen molar-refractivity contribution in [2.75, 3.05) is 7.05 Å². The summed E-state index contributed by atoms with van der Waals surface area (Å²) in [5, 5.41) is 12.4. The van der Waals surface area contributed by atoms with Gasteiger partial charge in [0, 0.05) is 19.2 Å². The van der Waals surface area contributed by atoms with E-state index in [4.69, 9.17) is 9.63 Å². The Bertz CT molecular complexity index is 448. The zero-order valence-corrected chi connectivity index (χ0v) is 9.71. The Kier molecular flexibility index (Phi) is 2.87. The molecule has 0 saturated heterocycles. The number of carbonyl (C=O) groups excluding carboxylic acids is 1. The maximum absolute atomic E-state index is 11.9. The van der Waals surface area contributed by atoms with Crippen LogP contribution in [0.2, 0.25) is 0 Å².